The van der Waals surface area contributed by atoms with E-state index in [1.807, 2.05) is 23.1 Å². The highest BCUT2D eigenvalue weighted by atomic mass is 16.2. The van der Waals surface area contributed by atoms with Crippen LogP contribution in [0.2, 0.25) is 0 Å². The summed E-state index contributed by atoms with van der Waals surface area (Å²) in [5, 5.41) is 6.02. The number of amides is 3. The number of rotatable bonds is 17. The van der Waals surface area contributed by atoms with Crippen molar-refractivity contribution in [3.05, 3.63) is 41.5 Å². The predicted octanol–water partition coefficient (Wildman–Crippen LogP) is 2.46. The smallest absolute Gasteiger partial charge is 0.255 e. The van der Waals surface area contributed by atoms with E-state index in [2.05, 4.69) is 20.4 Å². The number of allylic oxidation sites excluding steroid dienone is 1. The fourth-order valence-electron chi connectivity index (χ4n) is 6.69. The normalized spacial score (nSPS) is 18.6. The van der Waals surface area contributed by atoms with Crippen LogP contribution in [0.15, 0.2) is 30.4 Å². The molecule has 0 spiro atoms. The lowest BCUT2D eigenvalue weighted by Gasteiger charge is -2.42. The monoisotopic (exact) mass is 622 g/mol. The van der Waals surface area contributed by atoms with Crippen molar-refractivity contribution in [2.45, 2.75) is 76.4 Å². The number of aldehydes is 2. The molecule has 0 bridgehead atoms. The second-order valence-corrected chi connectivity index (χ2v) is 12.3. The molecule has 1 unspecified atom stereocenters. The molecule has 1 atom stereocenters. The zero-order valence-electron chi connectivity index (χ0n) is 26.8. The Hall–Kier alpha value is -3.57. The first kappa shape index (κ1) is 34.3. The van der Waals surface area contributed by atoms with Crippen LogP contribution < -0.4 is 10.6 Å². The summed E-state index contributed by atoms with van der Waals surface area (Å²) in [6.45, 7) is 7.59. The number of nitrogens with zero attached hydrogens (tertiary/aromatic N) is 4. The van der Waals surface area contributed by atoms with Crippen LogP contribution in [0.25, 0.3) is 0 Å². The van der Waals surface area contributed by atoms with Gasteiger partial charge in [-0.1, -0.05) is 25.0 Å². The van der Waals surface area contributed by atoms with E-state index in [1.165, 1.54) is 0 Å². The number of carbonyl (C=O) groups is 5. The Kier molecular flexibility index (Phi) is 13.6. The highest BCUT2D eigenvalue weighted by Crippen LogP contribution is 2.31. The maximum atomic E-state index is 13.0. The minimum absolute atomic E-state index is 0.151. The van der Waals surface area contributed by atoms with E-state index in [0.29, 0.717) is 31.0 Å². The highest BCUT2D eigenvalue weighted by molar-refractivity contribution is 6.01. The number of piperidine rings is 1. The van der Waals surface area contributed by atoms with Gasteiger partial charge in [0.2, 0.25) is 11.8 Å². The van der Waals surface area contributed by atoms with Crippen molar-refractivity contribution in [3.63, 3.8) is 0 Å². The van der Waals surface area contributed by atoms with Crippen LogP contribution in [-0.4, -0.2) is 121 Å². The van der Waals surface area contributed by atoms with Crippen LogP contribution in [0.3, 0.4) is 0 Å². The third kappa shape index (κ3) is 9.71. The Morgan fingerprint density at radius 2 is 1.73 bits per heavy atom. The van der Waals surface area contributed by atoms with Crippen molar-refractivity contribution in [1.82, 2.24) is 24.9 Å². The van der Waals surface area contributed by atoms with Crippen molar-refractivity contribution in [1.29, 1.82) is 0 Å². The number of fused-ring (bicyclic) bond motifs is 1. The van der Waals surface area contributed by atoms with E-state index in [1.54, 1.807) is 24.1 Å². The SMILES string of the molecule is CNC(=O)CCC(C=O)N1Cc2c(NCCCCCCC(=O)N3CCN(C4CCN(C/C=C/C=O)CC4)CC3)cccc2C1=O. The Labute approximate surface area is 267 Å². The number of anilines is 1. The molecular formula is C34H50N6O5. The van der Waals surface area contributed by atoms with Crippen LogP contribution >= 0.6 is 0 Å². The Morgan fingerprint density at radius 3 is 2.44 bits per heavy atom. The molecule has 0 radical (unpaired) electrons. The molecule has 3 amide bonds. The van der Waals surface area contributed by atoms with E-state index in [4.69, 9.17) is 0 Å². The molecule has 45 heavy (non-hydrogen) atoms. The fourth-order valence-corrected chi connectivity index (χ4v) is 6.69. The van der Waals surface area contributed by atoms with Gasteiger partial charge in [0, 0.05) is 88.6 Å². The van der Waals surface area contributed by atoms with Crippen LogP contribution in [0.5, 0.6) is 0 Å². The predicted molar refractivity (Wildman–Crippen MR) is 174 cm³/mol. The number of unbranched alkanes of at least 4 members (excludes halogenated alkanes) is 3. The number of hydrogen-bond acceptors (Lipinski definition) is 8. The Morgan fingerprint density at radius 1 is 0.978 bits per heavy atom. The van der Waals surface area contributed by atoms with E-state index in [-0.39, 0.29) is 24.1 Å². The molecule has 4 rings (SSSR count). The second-order valence-electron chi connectivity index (χ2n) is 12.3. The maximum absolute atomic E-state index is 13.0. The van der Waals surface area contributed by atoms with Crippen molar-refractivity contribution in [2.75, 3.05) is 64.7 Å². The summed E-state index contributed by atoms with van der Waals surface area (Å²) >= 11 is 0. The molecule has 2 saturated heterocycles. The van der Waals surface area contributed by atoms with Gasteiger partial charge in [-0.3, -0.25) is 29.0 Å². The fraction of sp³-hybridized carbons (Fsp3) is 0.618. The minimum atomic E-state index is -0.630. The molecule has 1 aromatic rings. The number of piperazine rings is 1. The van der Waals surface area contributed by atoms with Crippen molar-refractivity contribution in [3.8, 4) is 0 Å². The lowest BCUT2D eigenvalue weighted by atomic mass is 10.0. The van der Waals surface area contributed by atoms with Crippen LogP contribution in [0.1, 0.15) is 73.7 Å². The third-order valence-electron chi connectivity index (χ3n) is 9.45. The Bertz CT molecular complexity index is 1190. The van der Waals surface area contributed by atoms with Gasteiger partial charge in [0.25, 0.3) is 5.91 Å². The first-order valence-electron chi connectivity index (χ1n) is 16.6. The van der Waals surface area contributed by atoms with Crippen molar-refractivity contribution < 1.29 is 24.0 Å². The van der Waals surface area contributed by atoms with E-state index < -0.39 is 6.04 Å². The number of likely N-dealkylation sites (tertiary alicyclic amines) is 1. The van der Waals surface area contributed by atoms with Gasteiger partial charge < -0.3 is 25.2 Å². The van der Waals surface area contributed by atoms with E-state index in [9.17, 15) is 24.0 Å². The molecule has 2 N–H and O–H groups in total. The zero-order valence-corrected chi connectivity index (χ0v) is 26.8. The van der Waals surface area contributed by atoms with Crippen LogP contribution in [0, 0.1) is 0 Å². The van der Waals surface area contributed by atoms with Gasteiger partial charge >= 0.3 is 0 Å². The van der Waals surface area contributed by atoms with E-state index in [0.717, 1.165) is 115 Å². The maximum Gasteiger partial charge on any atom is 0.255 e. The van der Waals surface area contributed by atoms with Gasteiger partial charge in [-0.2, -0.15) is 0 Å². The topological polar surface area (TPSA) is 122 Å². The molecule has 1 aromatic carbocycles. The summed E-state index contributed by atoms with van der Waals surface area (Å²) in [5.74, 6) is -0.0560. The molecule has 3 heterocycles. The standard InChI is InChI=1S/C34H50N6O5/c1-35-32(43)13-12-28(26-42)40-25-30-29(34(40)45)9-8-10-31(30)36-16-5-3-2-4-11-33(44)39-22-20-38(21-23-39)27-14-18-37(19-15-27)17-6-7-24-41/h6-10,24,26-28,36H,2-5,11-23,25H2,1H3,(H,35,43)/b7-6+. The number of benzene rings is 1. The third-order valence-corrected chi connectivity index (χ3v) is 9.45. The van der Waals surface area contributed by atoms with Gasteiger partial charge in [0.05, 0.1) is 6.04 Å². The average Bonchev–Trinajstić information content (AvgIpc) is 3.41. The van der Waals surface area contributed by atoms with Gasteiger partial charge in [0.15, 0.2) is 0 Å². The summed E-state index contributed by atoms with van der Waals surface area (Å²) in [5.41, 5.74) is 2.41. The quantitative estimate of drug-likeness (QED) is 0.154. The molecule has 11 heteroatoms. The largest absolute Gasteiger partial charge is 0.385 e. The summed E-state index contributed by atoms with van der Waals surface area (Å²) < 4.78 is 0. The summed E-state index contributed by atoms with van der Waals surface area (Å²) in [4.78, 5) is 68.2. The number of nitrogens with one attached hydrogen (secondary N) is 2. The van der Waals surface area contributed by atoms with Crippen molar-refractivity contribution >= 4 is 36.0 Å². The Balaban J connectivity index is 1.09. The first-order chi connectivity index (χ1) is 21.9. The molecule has 2 fully saturated rings. The first-order valence-corrected chi connectivity index (χ1v) is 16.6. The molecule has 246 valence electrons. The summed E-state index contributed by atoms with van der Waals surface area (Å²) in [7, 11) is 1.56. The summed E-state index contributed by atoms with van der Waals surface area (Å²) in [6, 6.07) is 5.57. The van der Waals surface area contributed by atoms with Gasteiger partial charge in [-0.15, -0.1) is 0 Å². The molecule has 0 aromatic heterocycles. The van der Waals surface area contributed by atoms with Gasteiger partial charge in [-0.25, -0.2) is 0 Å². The van der Waals surface area contributed by atoms with Gasteiger partial charge in [0.1, 0.15) is 12.6 Å². The molecule has 0 aliphatic carbocycles. The minimum Gasteiger partial charge on any atom is -0.385 e. The lowest BCUT2D eigenvalue weighted by molar-refractivity contribution is -0.133. The molecule has 11 nitrogen and oxygen atoms in total. The van der Waals surface area contributed by atoms with Crippen LogP contribution in [0.4, 0.5) is 5.69 Å². The lowest BCUT2D eigenvalue weighted by Crippen LogP contribution is -2.54. The molecular weight excluding hydrogens is 572 g/mol. The zero-order chi connectivity index (χ0) is 32.0. The molecule has 3 aliphatic rings. The highest BCUT2D eigenvalue weighted by Gasteiger charge is 2.34. The molecule has 0 saturated carbocycles. The summed E-state index contributed by atoms with van der Waals surface area (Å²) in [6.07, 6.45) is 12.3. The van der Waals surface area contributed by atoms with Crippen molar-refractivity contribution in [2.24, 2.45) is 0 Å². The van der Waals surface area contributed by atoms with Gasteiger partial charge in [-0.05, 0) is 63.4 Å². The number of hydrogen-bond donors (Lipinski definition) is 2. The molecule has 3 aliphatic heterocycles. The number of carbonyl (C=O) groups excluding carboxylic acids is 5. The average molecular weight is 623 g/mol. The van der Waals surface area contributed by atoms with E-state index >= 15 is 0 Å². The van der Waals surface area contributed by atoms with Crippen LogP contribution in [-0.2, 0) is 25.7 Å². The second kappa shape index (κ2) is 17.8.